The fourth-order valence-corrected chi connectivity index (χ4v) is 0. The highest BCUT2D eigenvalue weighted by Gasteiger charge is 2.13. The van der Waals surface area contributed by atoms with Crippen molar-refractivity contribution < 1.29 is 5.11 Å². The molecule has 4 heteroatoms. The number of nitrogens with two attached hydrogens (primary N) is 2. The summed E-state index contributed by atoms with van der Waals surface area (Å²) < 4.78 is 0. The van der Waals surface area contributed by atoms with Crippen molar-refractivity contribution >= 4 is 9.24 Å². The molecular weight excluding hydrogens is 111 g/mol. The first-order valence-electron chi connectivity index (χ1n) is 1.69. The SMILES string of the molecule is C=C(N)C(N)(O)P. The summed E-state index contributed by atoms with van der Waals surface area (Å²) in [5, 5.41) is 8.61. The second-order valence-corrected chi connectivity index (χ2v) is 2.23. The maximum absolute atomic E-state index is 8.61. The van der Waals surface area contributed by atoms with E-state index in [0.717, 1.165) is 0 Å². The zero-order valence-corrected chi connectivity index (χ0v) is 5.04. The van der Waals surface area contributed by atoms with Crippen LogP contribution in [0.5, 0.6) is 0 Å². The molecule has 0 saturated heterocycles. The van der Waals surface area contributed by atoms with Crippen molar-refractivity contribution in [3.05, 3.63) is 12.3 Å². The van der Waals surface area contributed by atoms with E-state index in [9.17, 15) is 0 Å². The number of rotatable bonds is 1. The van der Waals surface area contributed by atoms with Crippen molar-refractivity contribution in [2.75, 3.05) is 0 Å². The van der Waals surface area contributed by atoms with Crippen LogP contribution in [0.2, 0.25) is 0 Å². The average Bonchev–Trinajstić information content (AvgIpc) is 1.31. The highest BCUT2D eigenvalue weighted by atomic mass is 31.0. The monoisotopic (exact) mass is 120 g/mol. The van der Waals surface area contributed by atoms with Gasteiger partial charge in [0, 0.05) is 0 Å². The molecule has 0 amide bonds. The Morgan fingerprint density at radius 2 is 2.00 bits per heavy atom. The van der Waals surface area contributed by atoms with Gasteiger partial charge in [-0.3, -0.25) is 5.73 Å². The van der Waals surface area contributed by atoms with Crippen molar-refractivity contribution in [2.24, 2.45) is 11.5 Å². The van der Waals surface area contributed by atoms with E-state index in [1.807, 2.05) is 9.24 Å². The second-order valence-electron chi connectivity index (χ2n) is 1.35. The molecule has 2 atom stereocenters. The zero-order valence-electron chi connectivity index (χ0n) is 3.89. The van der Waals surface area contributed by atoms with Crippen molar-refractivity contribution in [2.45, 2.75) is 5.47 Å². The van der Waals surface area contributed by atoms with Crippen LogP contribution >= 0.6 is 9.24 Å². The van der Waals surface area contributed by atoms with Crippen molar-refractivity contribution in [3.63, 3.8) is 0 Å². The molecule has 0 bridgehead atoms. The van der Waals surface area contributed by atoms with Gasteiger partial charge in [-0.05, 0) is 0 Å². The predicted molar refractivity (Wildman–Crippen MR) is 32.2 cm³/mol. The van der Waals surface area contributed by atoms with Gasteiger partial charge in [-0.25, -0.2) is 0 Å². The molecule has 0 aromatic heterocycles. The maximum atomic E-state index is 8.61. The third kappa shape index (κ3) is 2.57. The lowest BCUT2D eigenvalue weighted by atomic mass is 10.5. The van der Waals surface area contributed by atoms with Gasteiger partial charge >= 0.3 is 0 Å². The Labute approximate surface area is 44.6 Å². The normalized spacial score (nSPS) is 18.1. The maximum Gasteiger partial charge on any atom is 0.166 e. The van der Waals surface area contributed by atoms with E-state index in [1.165, 1.54) is 0 Å². The van der Waals surface area contributed by atoms with Gasteiger partial charge < -0.3 is 10.8 Å². The first-order valence-corrected chi connectivity index (χ1v) is 2.27. The molecule has 0 rings (SSSR count). The van der Waals surface area contributed by atoms with E-state index < -0.39 is 5.47 Å². The standard InChI is InChI=1S/C3H9N2OP/c1-2(4)3(5,6)7/h6H,1,4-5,7H2. The summed E-state index contributed by atoms with van der Waals surface area (Å²) in [6.45, 7) is 3.21. The molecule has 3 nitrogen and oxygen atoms in total. The van der Waals surface area contributed by atoms with Gasteiger partial charge in [0.15, 0.2) is 5.47 Å². The summed E-state index contributed by atoms with van der Waals surface area (Å²) in [6.07, 6.45) is 0. The largest absolute Gasteiger partial charge is 0.399 e. The Morgan fingerprint density at radius 3 is 2.00 bits per heavy atom. The van der Waals surface area contributed by atoms with E-state index >= 15 is 0 Å². The minimum atomic E-state index is -1.50. The summed E-state index contributed by atoms with van der Waals surface area (Å²) in [7, 11) is 1.94. The summed E-state index contributed by atoms with van der Waals surface area (Å²) >= 11 is 0. The Balaban J connectivity index is 3.79. The van der Waals surface area contributed by atoms with Crippen molar-refractivity contribution in [1.29, 1.82) is 0 Å². The highest BCUT2D eigenvalue weighted by molar-refractivity contribution is 7.18. The van der Waals surface area contributed by atoms with Gasteiger partial charge in [-0.2, -0.15) is 0 Å². The van der Waals surface area contributed by atoms with Gasteiger partial charge in [-0.1, -0.05) is 15.8 Å². The van der Waals surface area contributed by atoms with E-state index in [0.29, 0.717) is 0 Å². The molecule has 0 aliphatic carbocycles. The lowest BCUT2D eigenvalue weighted by Gasteiger charge is -2.14. The van der Waals surface area contributed by atoms with E-state index in [1.54, 1.807) is 0 Å². The van der Waals surface area contributed by atoms with Gasteiger partial charge in [0.2, 0.25) is 0 Å². The Hall–Kier alpha value is -0.110. The third-order valence-corrected chi connectivity index (χ3v) is 0.885. The van der Waals surface area contributed by atoms with Crippen LogP contribution in [0.4, 0.5) is 0 Å². The average molecular weight is 120 g/mol. The smallest absolute Gasteiger partial charge is 0.166 e. The van der Waals surface area contributed by atoms with Gasteiger partial charge in [-0.15, -0.1) is 0 Å². The summed E-state index contributed by atoms with van der Waals surface area (Å²) in [5.41, 5.74) is 8.49. The molecule has 0 aliphatic heterocycles. The predicted octanol–water partition coefficient (Wildman–Crippen LogP) is -1.06. The molecule has 5 N–H and O–H groups in total. The van der Waals surface area contributed by atoms with Crippen molar-refractivity contribution in [1.82, 2.24) is 0 Å². The summed E-state index contributed by atoms with van der Waals surface area (Å²) in [6, 6.07) is 0. The Bertz CT molecular complexity index is 85.4. The molecule has 0 fully saturated rings. The first kappa shape index (κ1) is 6.89. The highest BCUT2D eigenvalue weighted by Crippen LogP contribution is 2.09. The van der Waals surface area contributed by atoms with Crippen LogP contribution in [0.15, 0.2) is 12.3 Å². The van der Waals surface area contributed by atoms with Crippen LogP contribution < -0.4 is 11.5 Å². The third-order valence-electron chi connectivity index (χ3n) is 0.514. The summed E-state index contributed by atoms with van der Waals surface area (Å²) in [5.74, 6) is 0. The van der Waals surface area contributed by atoms with Crippen LogP contribution in [0.25, 0.3) is 0 Å². The number of aliphatic hydroxyl groups is 1. The van der Waals surface area contributed by atoms with E-state index in [2.05, 4.69) is 6.58 Å². The summed E-state index contributed by atoms with van der Waals surface area (Å²) in [4.78, 5) is 0. The van der Waals surface area contributed by atoms with Crippen LogP contribution in [0.3, 0.4) is 0 Å². The lowest BCUT2D eigenvalue weighted by molar-refractivity contribution is 0.181. The molecule has 0 aromatic rings. The van der Waals surface area contributed by atoms with Crippen LogP contribution in [0, 0.1) is 0 Å². The van der Waals surface area contributed by atoms with Crippen LogP contribution in [0.1, 0.15) is 0 Å². The Kier molecular flexibility index (Phi) is 1.75. The number of hydrogen-bond donors (Lipinski definition) is 3. The minimum absolute atomic E-state index is 0.0394. The second kappa shape index (κ2) is 1.78. The van der Waals surface area contributed by atoms with E-state index in [-0.39, 0.29) is 5.70 Å². The molecule has 7 heavy (non-hydrogen) atoms. The molecule has 0 aromatic carbocycles. The zero-order chi connectivity index (χ0) is 6.08. The van der Waals surface area contributed by atoms with Gasteiger partial charge in [0.1, 0.15) is 0 Å². The van der Waals surface area contributed by atoms with Crippen LogP contribution in [-0.2, 0) is 0 Å². The lowest BCUT2D eigenvalue weighted by Crippen LogP contribution is -2.37. The molecule has 42 valence electrons. The molecule has 0 radical (unpaired) electrons. The van der Waals surface area contributed by atoms with Crippen molar-refractivity contribution in [3.8, 4) is 0 Å². The fraction of sp³-hybridized carbons (Fsp3) is 0.333. The molecule has 2 unspecified atom stereocenters. The minimum Gasteiger partial charge on any atom is -0.399 e. The van der Waals surface area contributed by atoms with Gasteiger partial charge in [0.05, 0.1) is 5.70 Å². The fourth-order valence-electron chi connectivity index (χ4n) is 0. The molecular formula is C3H9N2OP. The van der Waals surface area contributed by atoms with Crippen LogP contribution in [-0.4, -0.2) is 10.6 Å². The van der Waals surface area contributed by atoms with E-state index in [4.69, 9.17) is 16.6 Å². The first-order chi connectivity index (χ1) is 2.94. The topological polar surface area (TPSA) is 72.3 Å². The molecule has 0 aliphatic rings. The molecule has 0 spiro atoms. The molecule has 0 saturated carbocycles. The quantitative estimate of drug-likeness (QED) is 0.305. The van der Waals surface area contributed by atoms with Gasteiger partial charge in [0.25, 0.3) is 0 Å². The number of hydrogen-bond acceptors (Lipinski definition) is 3. The molecule has 0 heterocycles. The Morgan fingerprint density at radius 1 is 1.86 bits per heavy atom.